The van der Waals surface area contributed by atoms with Crippen LogP contribution in [0.25, 0.3) is 0 Å². The molecular formula is C13H9F3O4S. The molecular weight excluding hydrogens is 309 g/mol. The molecule has 0 radical (unpaired) electrons. The summed E-state index contributed by atoms with van der Waals surface area (Å²) >= 11 is 0. The monoisotopic (exact) mass is 318 g/mol. The van der Waals surface area contributed by atoms with Crippen LogP contribution in [0.15, 0.2) is 41.3 Å². The van der Waals surface area contributed by atoms with E-state index in [2.05, 4.69) is 0 Å². The predicted octanol–water partition coefficient (Wildman–Crippen LogP) is 2.88. The van der Waals surface area contributed by atoms with Crippen LogP contribution in [0.5, 0.6) is 11.5 Å². The van der Waals surface area contributed by atoms with Gasteiger partial charge in [0.25, 0.3) is 0 Å². The maximum atomic E-state index is 13.5. The fraction of sp³-hybridized carbons (Fsp3) is 0.0769. The van der Waals surface area contributed by atoms with Gasteiger partial charge in [0.2, 0.25) is 0 Å². The zero-order chi connectivity index (χ0) is 15.6. The highest BCUT2D eigenvalue weighted by Gasteiger charge is 2.25. The molecule has 0 amide bonds. The first-order valence-electron chi connectivity index (χ1n) is 5.57. The normalized spacial score (nSPS) is 11.2. The molecule has 2 aromatic carbocycles. The molecule has 0 aliphatic carbocycles. The highest BCUT2D eigenvalue weighted by atomic mass is 32.2. The van der Waals surface area contributed by atoms with Gasteiger partial charge in [0.05, 0.1) is 7.11 Å². The molecule has 0 spiro atoms. The van der Waals surface area contributed by atoms with Gasteiger partial charge in [-0.15, -0.1) is 0 Å². The van der Waals surface area contributed by atoms with E-state index < -0.39 is 32.5 Å². The number of hydrogen-bond acceptors (Lipinski definition) is 4. The zero-order valence-corrected chi connectivity index (χ0v) is 11.5. The van der Waals surface area contributed by atoms with Gasteiger partial charge >= 0.3 is 10.1 Å². The predicted molar refractivity (Wildman–Crippen MR) is 67.1 cm³/mol. The number of hydrogen-bond donors (Lipinski definition) is 0. The minimum atomic E-state index is -4.68. The fourth-order valence-electron chi connectivity index (χ4n) is 1.55. The molecule has 0 N–H and O–H groups in total. The van der Waals surface area contributed by atoms with Gasteiger partial charge in [0.1, 0.15) is 10.7 Å². The summed E-state index contributed by atoms with van der Waals surface area (Å²) < 4.78 is 72.9. The Kier molecular flexibility index (Phi) is 4.08. The van der Waals surface area contributed by atoms with Gasteiger partial charge in [-0.3, -0.25) is 0 Å². The molecule has 0 saturated heterocycles. The van der Waals surface area contributed by atoms with E-state index in [0.29, 0.717) is 0 Å². The molecule has 0 bridgehead atoms. The maximum Gasteiger partial charge on any atom is 0.342 e. The first-order chi connectivity index (χ1) is 9.85. The standard InChI is InChI=1S/C13H9F3O4S/c1-19-11-4-2-3-5-12(11)20-21(17,18)13-7-9(15)8(14)6-10(13)16/h2-7H,1H3. The van der Waals surface area contributed by atoms with Crippen LogP contribution >= 0.6 is 0 Å². The van der Waals surface area contributed by atoms with Crippen molar-refractivity contribution in [3.63, 3.8) is 0 Å². The van der Waals surface area contributed by atoms with Crippen LogP contribution in [-0.4, -0.2) is 15.5 Å². The lowest BCUT2D eigenvalue weighted by atomic mass is 10.3. The van der Waals surface area contributed by atoms with Gasteiger partial charge in [0, 0.05) is 12.1 Å². The highest BCUT2D eigenvalue weighted by Crippen LogP contribution is 2.30. The molecule has 0 aliphatic rings. The largest absolute Gasteiger partial charge is 0.493 e. The van der Waals surface area contributed by atoms with E-state index in [1.165, 1.54) is 25.3 Å². The molecule has 0 fully saturated rings. The average Bonchev–Trinajstić information content (AvgIpc) is 2.43. The molecule has 112 valence electrons. The number of para-hydroxylation sites is 2. The molecule has 0 unspecified atom stereocenters. The molecule has 21 heavy (non-hydrogen) atoms. The molecule has 0 saturated carbocycles. The van der Waals surface area contributed by atoms with E-state index in [1.54, 1.807) is 6.07 Å². The second-order valence-corrected chi connectivity index (χ2v) is 5.40. The van der Waals surface area contributed by atoms with E-state index in [1.807, 2.05) is 0 Å². The molecule has 4 nitrogen and oxygen atoms in total. The summed E-state index contributed by atoms with van der Waals surface area (Å²) in [6.07, 6.45) is 0. The third-order valence-electron chi connectivity index (χ3n) is 2.51. The van der Waals surface area contributed by atoms with Crippen LogP contribution in [0, 0.1) is 17.5 Å². The second-order valence-electron chi connectivity index (χ2n) is 3.89. The zero-order valence-electron chi connectivity index (χ0n) is 10.6. The Labute approximate surface area is 118 Å². The first kappa shape index (κ1) is 15.2. The van der Waals surface area contributed by atoms with Gasteiger partial charge in [0.15, 0.2) is 23.1 Å². The van der Waals surface area contributed by atoms with Crippen molar-refractivity contribution in [2.75, 3.05) is 7.11 Å². The third-order valence-corrected chi connectivity index (χ3v) is 3.76. The molecule has 2 rings (SSSR count). The molecule has 0 aromatic heterocycles. The summed E-state index contributed by atoms with van der Waals surface area (Å²) in [6.45, 7) is 0. The Morgan fingerprint density at radius 1 is 0.905 bits per heavy atom. The number of halogens is 3. The average molecular weight is 318 g/mol. The first-order valence-corrected chi connectivity index (χ1v) is 6.98. The molecule has 0 heterocycles. The van der Waals surface area contributed by atoms with Crippen LogP contribution in [-0.2, 0) is 10.1 Å². The SMILES string of the molecule is COc1ccccc1OS(=O)(=O)c1cc(F)c(F)cc1F. The van der Waals surface area contributed by atoms with Crippen LogP contribution in [0.4, 0.5) is 13.2 Å². The van der Waals surface area contributed by atoms with Crippen molar-refractivity contribution in [3.05, 3.63) is 53.8 Å². The van der Waals surface area contributed by atoms with Gasteiger partial charge < -0.3 is 8.92 Å². The molecule has 0 aliphatic heterocycles. The van der Waals surface area contributed by atoms with E-state index in [0.717, 1.165) is 0 Å². The topological polar surface area (TPSA) is 52.6 Å². The third kappa shape index (κ3) is 3.10. The molecule has 0 atom stereocenters. The van der Waals surface area contributed by atoms with E-state index in [-0.39, 0.29) is 23.6 Å². The Hall–Kier alpha value is -2.22. The maximum absolute atomic E-state index is 13.5. The highest BCUT2D eigenvalue weighted by molar-refractivity contribution is 7.87. The van der Waals surface area contributed by atoms with E-state index in [4.69, 9.17) is 8.92 Å². The number of benzene rings is 2. The lowest BCUT2D eigenvalue weighted by Gasteiger charge is -2.11. The Morgan fingerprint density at radius 2 is 1.48 bits per heavy atom. The van der Waals surface area contributed by atoms with Gasteiger partial charge in [-0.25, -0.2) is 13.2 Å². The second kappa shape index (κ2) is 5.65. The smallest absolute Gasteiger partial charge is 0.342 e. The minimum absolute atomic E-state index is 0.0871. The quantitative estimate of drug-likeness (QED) is 0.642. The van der Waals surface area contributed by atoms with Crippen molar-refractivity contribution < 1.29 is 30.5 Å². The van der Waals surface area contributed by atoms with E-state index >= 15 is 0 Å². The molecule has 2 aromatic rings. The summed E-state index contributed by atoms with van der Waals surface area (Å²) in [5, 5.41) is 0. The van der Waals surface area contributed by atoms with Gasteiger partial charge in [-0.2, -0.15) is 8.42 Å². The number of methoxy groups -OCH3 is 1. The number of ether oxygens (including phenoxy) is 1. The van der Waals surface area contributed by atoms with Crippen LogP contribution in [0.3, 0.4) is 0 Å². The molecule has 8 heteroatoms. The lowest BCUT2D eigenvalue weighted by molar-refractivity contribution is 0.389. The van der Waals surface area contributed by atoms with Crippen LogP contribution in [0.2, 0.25) is 0 Å². The number of rotatable bonds is 4. The van der Waals surface area contributed by atoms with Gasteiger partial charge in [-0.05, 0) is 12.1 Å². The van der Waals surface area contributed by atoms with Crippen molar-refractivity contribution in [1.29, 1.82) is 0 Å². The van der Waals surface area contributed by atoms with Gasteiger partial charge in [-0.1, -0.05) is 12.1 Å². The lowest BCUT2D eigenvalue weighted by Crippen LogP contribution is -2.13. The Bertz CT molecular complexity index is 775. The Morgan fingerprint density at radius 3 is 2.10 bits per heavy atom. The van der Waals surface area contributed by atoms with Crippen molar-refractivity contribution in [3.8, 4) is 11.5 Å². The Balaban J connectivity index is 2.46. The summed E-state index contributed by atoms with van der Waals surface area (Å²) in [5.41, 5.74) is 0. The summed E-state index contributed by atoms with van der Waals surface area (Å²) in [4.78, 5) is -1.10. The summed E-state index contributed by atoms with van der Waals surface area (Å²) in [5.74, 6) is -4.57. The minimum Gasteiger partial charge on any atom is -0.493 e. The summed E-state index contributed by atoms with van der Waals surface area (Å²) in [6, 6.07) is 6.08. The van der Waals surface area contributed by atoms with Crippen LogP contribution in [0.1, 0.15) is 0 Å². The van der Waals surface area contributed by atoms with Crippen LogP contribution < -0.4 is 8.92 Å². The van der Waals surface area contributed by atoms with E-state index in [9.17, 15) is 21.6 Å². The van der Waals surface area contributed by atoms with Crippen molar-refractivity contribution in [2.45, 2.75) is 4.90 Å². The van der Waals surface area contributed by atoms with Crippen molar-refractivity contribution in [1.82, 2.24) is 0 Å². The van der Waals surface area contributed by atoms with Crippen molar-refractivity contribution >= 4 is 10.1 Å². The fourth-order valence-corrected chi connectivity index (χ4v) is 2.56. The van der Waals surface area contributed by atoms with Crippen molar-refractivity contribution in [2.24, 2.45) is 0 Å². The summed E-state index contributed by atoms with van der Waals surface area (Å²) in [7, 11) is -3.39.